The number of carbonyl (C=O) groups is 1. The Hall–Kier alpha value is -2.11. The number of nitrogens with zero attached hydrogens (tertiary/aromatic N) is 2. The highest BCUT2D eigenvalue weighted by molar-refractivity contribution is 5.85. The van der Waals surface area contributed by atoms with Crippen LogP contribution in [0.3, 0.4) is 0 Å². The second kappa shape index (κ2) is 8.83. The minimum atomic E-state index is -0.148. The third-order valence-electron chi connectivity index (χ3n) is 4.54. The van der Waals surface area contributed by atoms with E-state index in [1.165, 1.54) is 16.2 Å². The van der Waals surface area contributed by atoms with Gasteiger partial charge in [0, 0.05) is 31.9 Å². The Balaban J connectivity index is 0.00000225. The number of aromatic nitrogens is 1. The van der Waals surface area contributed by atoms with Crippen LogP contribution in [0, 0.1) is 0 Å². The fourth-order valence-electron chi connectivity index (χ4n) is 3.10. The van der Waals surface area contributed by atoms with Crippen LogP contribution in [0.25, 0.3) is 0 Å². The van der Waals surface area contributed by atoms with Gasteiger partial charge in [-0.05, 0) is 23.6 Å². The van der Waals surface area contributed by atoms with E-state index in [-0.39, 0.29) is 36.5 Å². The first-order valence-corrected chi connectivity index (χ1v) is 8.43. The van der Waals surface area contributed by atoms with Crippen LogP contribution in [0.5, 0.6) is 0 Å². The first-order chi connectivity index (χ1) is 11.7. The summed E-state index contributed by atoms with van der Waals surface area (Å²) >= 11 is 0. The molecule has 2 heterocycles. The number of hydrogen-bond acceptors (Lipinski definition) is 3. The van der Waals surface area contributed by atoms with Crippen LogP contribution >= 0.6 is 12.4 Å². The lowest BCUT2D eigenvalue weighted by Crippen LogP contribution is -2.50. The van der Waals surface area contributed by atoms with Crippen molar-refractivity contribution in [2.75, 3.05) is 19.6 Å². The van der Waals surface area contributed by atoms with Crippen molar-refractivity contribution in [1.82, 2.24) is 14.8 Å². The summed E-state index contributed by atoms with van der Waals surface area (Å²) in [6.07, 6.45) is 2.66. The van der Waals surface area contributed by atoms with E-state index in [1.54, 1.807) is 18.3 Å². The van der Waals surface area contributed by atoms with Gasteiger partial charge in [-0.25, -0.2) is 0 Å². The smallest absolute Gasteiger partial charge is 0.250 e. The average Bonchev–Trinajstić information content (AvgIpc) is 2.63. The van der Waals surface area contributed by atoms with Crippen molar-refractivity contribution in [3.63, 3.8) is 0 Å². The Kier molecular flexibility index (Phi) is 6.79. The van der Waals surface area contributed by atoms with E-state index < -0.39 is 0 Å². The largest absolute Gasteiger partial charge is 0.332 e. The lowest BCUT2D eigenvalue weighted by atomic mass is 10.0. The average molecular weight is 362 g/mol. The third kappa shape index (κ3) is 4.50. The summed E-state index contributed by atoms with van der Waals surface area (Å²) in [6.45, 7) is 4.38. The summed E-state index contributed by atoms with van der Waals surface area (Å²) in [5.41, 5.74) is 2.27. The molecule has 2 aromatic rings. The van der Waals surface area contributed by atoms with Crippen molar-refractivity contribution in [1.29, 1.82) is 0 Å². The number of piperazine rings is 1. The highest BCUT2D eigenvalue weighted by Gasteiger charge is 2.27. The molecule has 134 valence electrons. The maximum atomic E-state index is 12.8. The van der Waals surface area contributed by atoms with Crippen LogP contribution in [0.15, 0.2) is 53.5 Å². The van der Waals surface area contributed by atoms with Gasteiger partial charge in [0.1, 0.15) is 6.54 Å². The molecule has 1 aromatic heterocycles. The van der Waals surface area contributed by atoms with Gasteiger partial charge in [-0.3, -0.25) is 9.59 Å². The number of nitrogens with one attached hydrogen (secondary N) is 1. The lowest BCUT2D eigenvalue weighted by Gasteiger charge is -2.36. The van der Waals surface area contributed by atoms with Gasteiger partial charge in [-0.1, -0.05) is 37.3 Å². The molecule has 1 unspecified atom stereocenters. The molecule has 1 amide bonds. The molecule has 0 spiro atoms. The molecule has 0 saturated carbocycles. The van der Waals surface area contributed by atoms with Crippen LogP contribution in [0.2, 0.25) is 0 Å². The van der Waals surface area contributed by atoms with Gasteiger partial charge in [0.15, 0.2) is 0 Å². The Morgan fingerprint density at radius 1 is 1.20 bits per heavy atom. The van der Waals surface area contributed by atoms with Crippen molar-refractivity contribution in [2.24, 2.45) is 0 Å². The van der Waals surface area contributed by atoms with E-state index in [1.807, 2.05) is 4.90 Å². The summed E-state index contributed by atoms with van der Waals surface area (Å²) < 4.78 is 1.46. The molecule has 1 saturated heterocycles. The minimum Gasteiger partial charge on any atom is -0.332 e. The van der Waals surface area contributed by atoms with Crippen LogP contribution in [0.1, 0.15) is 24.1 Å². The minimum absolute atomic E-state index is 0. The van der Waals surface area contributed by atoms with Crippen LogP contribution in [-0.4, -0.2) is 35.0 Å². The first-order valence-electron chi connectivity index (χ1n) is 8.43. The number of halogens is 1. The van der Waals surface area contributed by atoms with Gasteiger partial charge < -0.3 is 14.8 Å². The topological polar surface area (TPSA) is 54.3 Å². The Bertz CT molecular complexity index is 758. The molecule has 1 aliphatic heterocycles. The van der Waals surface area contributed by atoms with E-state index in [2.05, 4.69) is 36.5 Å². The zero-order chi connectivity index (χ0) is 16.9. The van der Waals surface area contributed by atoms with E-state index in [0.29, 0.717) is 6.54 Å². The van der Waals surface area contributed by atoms with E-state index in [4.69, 9.17) is 0 Å². The van der Waals surface area contributed by atoms with Gasteiger partial charge in [0.2, 0.25) is 5.91 Å². The Labute approximate surface area is 154 Å². The van der Waals surface area contributed by atoms with E-state index >= 15 is 0 Å². The highest BCUT2D eigenvalue weighted by Crippen LogP contribution is 2.23. The lowest BCUT2D eigenvalue weighted by molar-refractivity contribution is -0.135. The van der Waals surface area contributed by atoms with Gasteiger partial charge in [0.05, 0.1) is 6.04 Å². The second-order valence-electron chi connectivity index (χ2n) is 6.07. The molecule has 5 nitrogen and oxygen atoms in total. The summed E-state index contributed by atoms with van der Waals surface area (Å²) in [7, 11) is 0. The third-order valence-corrected chi connectivity index (χ3v) is 4.54. The van der Waals surface area contributed by atoms with Crippen LogP contribution < -0.4 is 10.9 Å². The monoisotopic (exact) mass is 361 g/mol. The predicted molar refractivity (Wildman–Crippen MR) is 101 cm³/mol. The maximum Gasteiger partial charge on any atom is 0.250 e. The number of aryl methyl sites for hydroxylation is 1. The fraction of sp³-hybridized carbons (Fsp3) is 0.368. The number of hydrogen-bond donors (Lipinski definition) is 1. The van der Waals surface area contributed by atoms with Crippen molar-refractivity contribution in [2.45, 2.75) is 25.9 Å². The molecule has 0 radical (unpaired) electrons. The molecule has 0 bridgehead atoms. The number of rotatable bonds is 4. The molecule has 0 aliphatic carbocycles. The zero-order valence-corrected chi connectivity index (χ0v) is 15.2. The van der Waals surface area contributed by atoms with Gasteiger partial charge in [-0.2, -0.15) is 0 Å². The molecule has 3 rings (SSSR count). The first kappa shape index (κ1) is 19.2. The maximum absolute atomic E-state index is 12.8. The number of pyridine rings is 1. The van der Waals surface area contributed by atoms with Crippen molar-refractivity contribution in [3.8, 4) is 0 Å². The quantitative estimate of drug-likeness (QED) is 0.906. The van der Waals surface area contributed by atoms with Gasteiger partial charge >= 0.3 is 0 Å². The zero-order valence-electron chi connectivity index (χ0n) is 14.4. The summed E-state index contributed by atoms with van der Waals surface area (Å²) in [5.74, 6) is -0.0191. The molecule has 1 atom stereocenters. The molecular formula is C19H24ClN3O2. The second-order valence-corrected chi connectivity index (χ2v) is 6.07. The molecule has 1 aliphatic rings. The Morgan fingerprint density at radius 3 is 2.64 bits per heavy atom. The SMILES string of the molecule is CCc1ccc(C2CNCCN2C(=O)Cn2ccccc2=O)cc1.Cl. The predicted octanol–water partition coefficient (Wildman–Crippen LogP) is 2.01. The van der Waals surface area contributed by atoms with Gasteiger partial charge in [0.25, 0.3) is 5.56 Å². The highest BCUT2D eigenvalue weighted by atomic mass is 35.5. The Morgan fingerprint density at radius 2 is 1.96 bits per heavy atom. The molecule has 25 heavy (non-hydrogen) atoms. The summed E-state index contributed by atoms with van der Waals surface area (Å²) in [6, 6.07) is 13.4. The molecule has 1 fully saturated rings. The molecular weight excluding hydrogens is 338 g/mol. The summed E-state index contributed by atoms with van der Waals surface area (Å²) in [4.78, 5) is 26.5. The number of carbonyl (C=O) groups excluding carboxylic acids is 1. The molecule has 1 N–H and O–H groups in total. The van der Waals surface area contributed by atoms with E-state index in [0.717, 1.165) is 25.1 Å². The van der Waals surface area contributed by atoms with Crippen molar-refractivity contribution in [3.05, 3.63) is 70.1 Å². The van der Waals surface area contributed by atoms with E-state index in [9.17, 15) is 9.59 Å². The number of amides is 1. The van der Waals surface area contributed by atoms with Crippen LogP contribution in [0.4, 0.5) is 0 Å². The van der Waals surface area contributed by atoms with Crippen molar-refractivity contribution >= 4 is 18.3 Å². The fourth-order valence-corrected chi connectivity index (χ4v) is 3.10. The summed E-state index contributed by atoms with van der Waals surface area (Å²) in [5, 5.41) is 3.36. The van der Waals surface area contributed by atoms with Crippen LogP contribution in [-0.2, 0) is 17.8 Å². The number of benzene rings is 1. The molecule has 6 heteroatoms. The standard InChI is InChI=1S/C19H23N3O2.ClH/c1-2-15-6-8-16(9-7-15)17-13-20-10-12-22(17)19(24)14-21-11-4-3-5-18(21)23;/h3-9,11,17,20H,2,10,12-14H2,1H3;1H. The normalized spacial score (nSPS) is 17.0. The molecule has 1 aromatic carbocycles. The van der Waals surface area contributed by atoms with Crippen molar-refractivity contribution < 1.29 is 4.79 Å². The van der Waals surface area contributed by atoms with Gasteiger partial charge in [-0.15, -0.1) is 12.4 Å².